The van der Waals surface area contributed by atoms with E-state index in [-0.39, 0.29) is 5.69 Å². The molecule has 1 aromatic heterocycles. The number of rotatable bonds is 4. The summed E-state index contributed by atoms with van der Waals surface area (Å²) in [6.45, 7) is 2.07. The van der Waals surface area contributed by atoms with Crippen molar-refractivity contribution in [3.05, 3.63) is 86.3 Å². The van der Waals surface area contributed by atoms with Crippen LogP contribution in [0.15, 0.2) is 59.5 Å². The quantitative estimate of drug-likeness (QED) is 0.723. The van der Waals surface area contributed by atoms with Crippen molar-refractivity contribution in [1.82, 2.24) is 9.78 Å². The van der Waals surface area contributed by atoms with E-state index >= 15 is 0 Å². The molecule has 132 valence electrons. The third kappa shape index (κ3) is 3.95. The van der Waals surface area contributed by atoms with Crippen LogP contribution in [0, 0.1) is 0 Å². The Morgan fingerprint density at radius 3 is 2.54 bits per heavy atom. The Labute approximate surface area is 160 Å². The molecule has 2 aromatic carbocycles. The van der Waals surface area contributed by atoms with Gasteiger partial charge in [-0.05, 0) is 42.3 Å². The molecule has 1 heterocycles. The number of aryl methyl sites for hydroxylation is 1. The van der Waals surface area contributed by atoms with Gasteiger partial charge in [0, 0.05) is 17.3 Å². The van der Waals surface area contributed by atoms with Crippen molar-refractivity contribution in [1.29, 1.82) is 0 Å². The second kappa shape index (κ2) is 7.72. The third-order valence-corrected chi connectivity index (χ3v) is 4.37. The zero-order chi connectivity index (χ0) is 18.7. The molecule has 1 N–H and O–H groups in total. The fourth-order valence-corrected chi connectivity index (χ4v) is 2.70. The number of halogens is 2. The topological polar surface area (TPSA) is 64.0 Å². The van der Waals surface area contributed by atoms with Gasteiger partial charge in [0.05, 0.1) is 16.4 Å². The van der Waals surface area contributed by atoms with Crippen LogP contribution < -0.4 is 10.7 Å². The van der Waals surface area contributed by atoms with Gasteiger partial charge in [-0.15, -0.1) is 0 Å². The lowest BCUT2D eigenvalue weighted by Gasteiger charge is -2.10. The highest BCUT2D eigenvalue weighted by atomic mass is 35.5. The summed E-state index contributed by atoms with van der Waals surface area (Å²) < 4.78 is 1.48. The maximum absolute atomic E-state index is 12.5. The van der Waals surface area contributed by atoms with Crippen molar-refractivity contribution >= 4 is 34.8 Å². The molecule has 7 heteroatoms. The minimum Gasteiger partial charge on any atom is -0.319 e. The van der Waals surface area contributed by atoms with Crippen molar-refractivity contribution in [2.75, 3.05) is 5.32 Å². The van der Waals surface area contributed by atoms with Crippen molar-refractivity contribution in [2.24, 2.45) is 0 Å². The van der Waals surface area contributed by atoms with Crippen LogP contribution in [0.1, 0.15) is 23.0 Å². The molecular weight excluding hydrogens is 373 g/mol. The van der Waals surface area contributed by atoms with E-state index in [2.05, 4.69) is 17.3 Å². The molecule has 3 rings (SSSR count). The molecule has 0 saturated carbocycles. The normalized spacial score (nSPS) is 10.6. The highest BCUT2D eigenvalue weighted by Crippen LogP contribution is 2.25. The number of anilines is 1. The van der Waals surface area contributed by atoms with Gasteiger partial charge in [-0.3, -0.25) is 9.59 Å². The molecule has 0 unspecified atom stereocenters. The van der Waals surface area contributed by atoms with Gasteiger partial charge in [-0.25, -0.2) is 4.68 Å². The smallest absolute Gasteiger partial charge is 0.280 e. The fraction of sp³-hybridized carbons (Fsp3) is 0.105. The summed E-state index contributed by atoms with van der Waals surface area (Å²) in [6, 6.07) is 13.7. The monoisotopic (exact) mass is 387 g/mol. The molecule has 1 amide bonds. The minimum atomic E-state index is -0.654. The summed E-state index contributed by atoms with van der Waals surface area (Å²) in [5.74, 6) is -0.654. The van der Waals surface area contributed by atoms with Crippen molar-refractivity contribution < 1.29 is 4.79 Å². The van der Waals surface area contributed by atoms with Crippen LogP contribution >= 0.6 is 23.2 Å². The molecule has 0 atom stereocenters. The predicted molar refractivity (Wildman–Crippen MR) is 104 cm³/mol. The summed E-state index contributed by atoms with van der Waals surface area (Å²) in [5, 5.41) is 7.47. The van der Waals surface area contributed by atoms with Crippen LogP contribution in [0.2, 0.25) is 10.0 Å². The lowest BCUT2D eigenvalue weighted by molar-refractivity contribution is 0.101. The number of carbonyl (C=O) groups excluding carboxylic acids is 1. The highest BCUT2D eigenvalue weighted by molar-refractivity contribution is 6.35. The van der Waals surface area contributed by atoms with Crippen molar-refractivity contribution in [3.8, 4) is 5.69 Å². The largest absolute Gasteiger partial charge is 0.319 e. The highest BCUT2D eigenvalue weighted by Gasteiger charge is 2.15. The van der Waals surface area contributed by atoms with Gasteiger partial charge in [0.25, 0.3) is 5.91 Å². The van der Waals surface area contributed by atoms with E-state index in [9.17, 15) is 9.59 Å². The second-order valence-electron chi connectivity index (χ2n) is 5.57. The van der Waals surface area contributed by atoms with Crippen LogP contribution in [0.25, 0.3) is 5.69 Å². The molecule has 0 aliphatic heterocycles. The van der Waals surface area contributed by atoms with Crippen LogP contribution in [-0.2, 0) is 6.42 Å². The van der Waals surface area contributed by atoms with Crippen molar-refractivity contribution in [2.45, 2.75) is 13.3 Å². The van der Waals surface area contributed by atoms with Gasteiger partial charge >= 0.3 is 0 Å². The van der Waals surface area contributed by atoms with Gasteiger partial charge in [-0.2, -0.15) is 5.10 Å². The number of nitrogens with one attached hydrogen (secondary N) is 1. The molecule has 0 saturated heterocycles. The Kier molecular flexibility index (Phi) is 5.40. The number of carbonyl (C=O) groups is 1. The summed E-state index contributed by atoms with van der Waals surface area (Å²) in [4.78, 5) is 24.6. The molecule has 0 spiro atoms. The van der Waals surface area contributed by atoms with E-state index < -0.39 is 11.3 Å². The lowest BCUT2D eigenvalue weighted by Crippen LogP contribution is -2.25. The van der Waals surface area contributed by atoms with Crippen LogP contribution in [0.5, 0.6) is 0 Å². The molecule has 3 aromatic rings. The molecule has 0 aliphatic rings. The molecule has 5 nitrogen and oxygen atoms in total. The maximum Gasteiger partial charge on any atom is 0.280 e. The third-order valence-electron chi connectivity index (χ3n) is 3.81. The molecule has 26 heavy (non-hydrogen) atoms. The first-order valence-electron chi connectivity index (χ1n) is 7.93. The Hall–Kier alpha value is -2.63. The van der Waals surface area contributed by atoms with E-state index in [0.717, 1.165) is 12.1 Å². The maximum atomic E-state index is 12.5. The molecule has 0 bridgehead atoms. The average molecular weight is 388 g/mol. The van der Waals surface area contributed by atoms with Crippen LogP contribution in [-0.4, -0.2) is 15.7 Å². The number of hydrogen-bond donors (Lipinski definition) is 1. The molecule has 0 radical (unpaired) electrons. The number of nitrogens with zero attached hydrogens (tertiary/aromatic N) is 2. The Morgan fingerprint density at radius 1 is 1.12 bits per heavy atom. The zero-order valence-corrected chi connectivity index (χ0v) is 15.4. The van der Waals surface area contributed by atoms with Crippen LogP contribution in [0.3, 0.4) is 0 Å². The molecular formula is C19H15Cl2N3O2. The van der Waals surface area contributed by atoms with Gasteiger partial charge in [-0.1, -0.05) is 42.3 Å². The Morgan fingerprint density at radius 2 is 1.85 bits per heavy atom. The van der Waals surface area contributed by atoms with E-state index in [0.29, 0.717) is 15.7 Å². The SMILES string of the molecule is CCc1ccc(-n2ccc(=O)c(C(=O)Nc3cc(Cl)ccc3Cl)n2)cc1. The Bertz CT molecular complexity index is 1010. The van der Waals surface area contributed by atoms with Crippen LogP contribution in [0.4, 0.5) is 5.69 Å². The fourth-order valence-electron chi connectivity index (χ4n) is 2.37. The van der Waals surface area contributed by atoms with Gasteiger partial charge in [0.2, 0.25) is 5.43 Å². The first kappa shape index (κ1) is 18.2. The molecule has 0 fully saturated rings. The summed E-state index contributed by atoms with van der Waals surface area (Å²) >= 11 is 12.0. The Balaban J connectivity index is 1.92. The van der Waals surface area contributed by atoms with Gasteiger partial charge in [0.15, 0.2) is 5.69 Å². The van der Waals surface area contributed by atoms with E-state index in [4.69, 9.17) is 23.2 Å². The number of hydrogen-bond acceptors (Lipinski definition) is 3. The minimum absolute atomic E-state index is 0.233. The number of amides is 1. The zero-order valence-electron chi connectivity index (χ0n) is 13.9. The van der Waals surface area contributed by atoms with Crippen molar-refractivity contribution in [3.63, 3.8) is 0 Å². The standard InChI is InChI=1S/C19H15Cl2N3O2/c1-2-12-3-6-14(7-4-12)24-10-9-17(25)18(23-24)19(26)22-16-11-13(20)5-8-15(16)21/h3-11H,2H2,1H3,(H,22,26). The summed E-state index contributed by atoms with van der Waals surface area (Å²) in [7, 11) is 0. The van der Waals surface area contributed by atoms with Gasteiger partial charge in [0.1, 0.15) is 0 Å². The number of benzene rings is 2. The summed E-state index contributed by atoms with van der Waals surface area (Å²) in [6.07, 6.45) is 2.44. The average Bonchev–Trinajstić information content (AvgIpc) is 2.65. The van der Waals surface area contributed by atoms with E-state index in [1.807, 2.05) is 24.3 Å². The second-order valence-corrected chi connectivity index (χ2v) is 6.42. The predicted octanol–water partition coefficient (Wildman–Crippen LogP) is 4.35. The first-order valence-corrected chi connectivity index (χ1v) is 8.69. The van der Waals surface area contributed by atoms with Gasteiger partial charge < -0.3 is 5.32 Å². The number of aromatic nitrogens is 2. The molecule has 0 aliphatic carbocycles. The first-order chi connectivity index (χ1) is 12.5. The van der Waals surface area contributed by atoms with E-state index in [1.54, 1.807) is 12.1 Å². The summed E-state index contributed by atoms with van der Waals surface area (Å²) in [5.41, 5.74) is 1.53. The lowest BCUT2D eigenvalue weighted by atomic mass is 10.1. The van der Waals surface area contributed by atoms with E-state index in [1.165, 1.54) is 28.6 Å².